The average Bonchev–Trinajstić information content (AvgIpc) is 3.29. The molecule has 0 unspecified atom stereocenters. The van der Waals surface area contributed by atoms with Crippen molar-refractivity contribution in [3.63, 3.8) is 0 Å². The number of nitrogen functional groups attached to an aromatic ring is 1. The summed E-state index contributed by atoms with van der Waals surface area (Å²) in [7, 11) is 0. The fourth-order valence-corrected chi connectivity index (χ4v) is 3.71. The minimum Gasteiger partial charge on any atom is -0.506 e. The number of hydrogen-bond donors (Lipinski definition) is 3. The molecule has 2 heterocycles. The molecule has 2 aromatic heterocycles. The molecule has 0 saturated heterocycles. The largest absolute Gasteiger partial charge is 0.506 e. The number of nitrogens with one attached hydrogen (secondary N) is 1. The molecule has 0 aliphatic rings. The molecule has 0 atom stereocenters. The number of rotatable bonds is 8. The second-order valence-corrected chi connectivity index (χ2v) is 7.81. The predicted octanol–water partition coefficient (Wildman–Crippen LogP) is 3.37. The summed E-state index contributed by atoms with van der Waals surface area (Å²) in [5, 5.41) is 18.1. The van der Waals surface area contributed by atoms with Crippen LogP contribution in [0.3, 0.4) is 0 Å². The minimum atomic E-state index is -0.519. The fourth-order valence-electron chi connectivity index (χ4n) is 3.71. The van der Waals surface area contributed by atoms with Crippen LogP contribution in [0.2, 0.25) is 0 Å². The Morgan fingerprint density at radius 1 is 1.22 bits per heavy atom. The summed E-state index contributed by atoms with van der Waals surface area (Å²) in [5.74, 6) is -0.973. The van der Waals surface area contributed by atoms with Crippen LogP contribution in [0, 0.1) is 6.57 Å². The highest BCUT2D eigenvalue weighted by atomic mass is 16.3. The van der Waals surface area contributed by atoms with Crippen LogP contribution in [0.5, 0.6) is 5.75 Å². The summed E-state index contributed by atoms with van der Waals surface area (Å²) in [5.41, 5.74) is 8.12. The van der Waals surface area contributed by atoms with Crippen molar-refractivity contribution in [2.75, 3.05) is 22.5 Å². The molecular formula is C26H22N8O3. The Morgan fingerprint density at radius 2 is 1.97 bits per heavy atom. The van der Waals surface area contributed by atoms with E-state index >= 15 is 0 Å². The Kier molecular flexibility index (Phi) is 6.93. The first-order valence-electron chi connectivity index (χ1n) is 11.0. The maximum atomic E-state index is 12.9. The van der Waals surface area contributed by atoms with E-state index in [2.05, 4.69) is 38.4 Å². The highest BCUT2D eigenvalue weighted by molar-refractivity contribution is 6.06. The monoisotopic (exact) mass is 494 g/mol. The molecule has 184 valence electrons. The predicted molar refractivity (Wildman–Crippen MR) is 140 cm³/mol. The van der Waals surface area contributed by atoms with Gasteiger partial charge in [-0.2, -0.15) is 5.10 Å². The van der Waals surface area contributed by atoms with Crippen molar-refractivity contribution >= 4 is 40.0 Å². The number of carbonyl (C=O) groups is 2. The third-order valence-electron chi connectivity index (χ3n) is 5.50. The van der Waals surface area contributed by atoms with Crippen molar-refractivity contribution in [2.45, 2.75) is 6.54 Å². The molecule has 11 heteroatoms. The number of aromatic nitrogens is 4. The Bertz CT molecular complexity index is 1570. The van der Waals surface area contributed by atoms with E-state index in [0.717, 1.165) is 6.08 Å². The third-order valence-corrected chi connectivity index (χ3v) is 5.50. The van der Waals surface area contributed by atoms with Crippen LogP contribution in [-0.2, 0) is 16.1 Å². The zero-order chi connectivity index (χ0) is 26.5. The summed E-state index contributed by atoms with van der Waals surface area (Å²) in [4.78, 5) is 37.5. The lowest BCUT2D eigenvalue weighted by Gasteiger charge is -2.22. The van der Waals surface area contributed by atoms with Crippen molar-refractivity contribution in [3.8, 4) is 17.0 Å². The van der Waals surface area contributed by atoms with Crippen LogP contribution in [0.25, 0.3) is 27.1 Å². The zero-order valence-corrected chi connectivity index (χ0v) is 19.6. The van der Waals surface area contributed by atoms with Gasteiger partial charge in [-0.05, 0) is 30.3 Å². The van der Waals surface area contributed by atoms with Gasteiger partial charge in [-0.1, -0.05) is 37.4 Å². The van der Waals surface area contributed by atoms with Crippen molar-refractivity contribution in [3.05, 3.63) is 91.2 Å². The van der Waals surface area contributed by atoms with Crippen molar-refractivity contribution in [1.29, 1.82) is 0 Å². The molecule has 0 saturated carbocycles. The van der Waals surface area contributed by atoms with Crippen molar-refractivity contribution in [2.24, 2.45) is 0 Å². The van der Waals surface area contributed by atoms with E-state index < -0.39 is 11.8 Å². The van der Waals surface area contributed by atoms with E-state index in [4.69, 9.17) is 12.3 Å². The van der Waals surface area contributed by atoms with Crippen molar-refractivity contribution < 1.29 is 14.7 Å². The third kappa shape index (κ3) is 4.98. The summed E-state index contributed by atoms with van der Waals surface area (Å²) in [6.07, 6.45) is 2.41. The molecule has 4 aromatic rings. The summed E-state index contributed by atoms with van der Waals surface area (Å²) in [6, 6.07) is 13.6. The zero-order valence-electron chi connectivity index (χ0n) is 19.6. The van der Waals surface area contributed by atoms with E-state index in [1.807, 2.05) is 6.07 Å². The van der Waals surface area contributed by atoms with Gasteiger partial charge in [0, 0.05) is 17.8 Å². The smallest absolute Gasteiger partial charge is 0.256 e. The molecule has 0 spiro atoms. The molecule has 0 bridgehead atoms. The van der Waals surface area contributed by atoms with Gasteiger partial charge in [0.1, 0.15) is 23.6 Å². The maximum Gasteiger partial charge on any atom is 0.256 e. The molecule has 2 amide bonds. The topological polar surface area (TPSA) is 144 Å². The fraction of sp³-hybridized carbons (Fsp3) is 0.0769. The molecule has 2 aromatic carbocycles. The summed E-state index contributed by atoms with van der Waals surface area (Å²) < 4.78 is 1.58. The van der Waals surface area contributed by atoms with Crippen molar-refractivity contribution in [1.82, 2.24) is 19.7 Å². The average molecular weight is 495 g/mol. The Labute approximate surface area is 212 Å². The van der Waals surface area contributed by atoms with E-state index in [1.165, 1.54) is 23.4 Å². The first kappa shape index (κ1) is 24.6. The maximum absolute atomic E-state index is 12.9. The number of hydrogen-bond acceptors (Lipinski definition) is 7. The van der Waals surface area contributed by atoms with Gasteiger partial charge in [-0.15, -0.1) is 0 Å². The molecule has 0 radical (unpaired) electrons. The first-order chi connectivity index (χ1) is 17.8. The Morgan fingerprint density at radius 3 is 2.65 bits per heavy atom. The lowest BCUT2D eigenvalue weighted by atomic mass is 10.1. The number of carbonyl (C=O) groups excluding carboxylic acids is 2. The Balaban J connectivity index is 1.72. The lowest BCUT2D eigenvalue weighted by molar-refractivity contribution is -0.115. The van der Waals surface area contributed by atoms with Crippen LogP contribution in [-0.4, -0.2) is 43.2 Å². The normalized spacial score (nSPS) is 10.5. The minimum absolute atomic E-state index is 0.162. The molecule has 4 N–H and O–H groups in total. The van der Waals surface area contributed by atoms with Gasteiger partial charge in [-0.25, -0.2) is 19.5 Å². The van der Waals surface area contributed by atoms with Crippen LogP contribution in [0.15, 0.2) is 79.8 Å². The molecule has 0 aliphatic carbocycles. The van der Waals surface area contributed by atoms with Gasteiger partial charge in [0.25, 0.3) is 5.91 Å². The van der Waals surface area contributed by atoms with Gasteiger partial charge < -0.3 is 21.1 Å². The van der Waals surface area contributed by atoms with Crippen LogP contribution < -0.4 is 16.0 Å². The molecule has 11 nitrogen and oxygen atoms in total. The molecule has 0 aliphatic heterocycles. The number of amides is 2. The summed E-state index contributed by atoms with van der Waals surface area (Å²) in [6.45, 7) is 14.5. The van der Waals surface area contributed by atoms with Gasteiger partial charge in [0.15, 0.2) is 5.65 Å². The van der Waals surface area contributed by atoms with E-state index in [-0.39, 0.29) is 36.0 Å². The number of fused-ring (bicyclic) bond motifs is 1. The number of benzene rings is 2. The number of anilines is 3. The summed E-state index contributed by atoms with van der Waals surface area (Å²) >= 11 is 0. The van der Waals surface area contributed by atoms with Crippen LogP contribution >= 0.6 is 0 Å². The SMILES string of the molecule is [C-]#[N+]C(=C)C(=O)N(CCn1nc(-c2ccc(NC(=O)C=C)c(O)c2)c2c(N)ncnc21)c1ccccc1. The number of phenolic OH excluding ortho intramolecular Hbond substituents is 1. The standard InChI is InChI=1S/C26H22N8O3/c1-4-21(36)31-19-11-10-17(14-20(19)35)23-22-24(27)29-15-30-25(22)34(32-23)13-12-33(26(37)16(2)28-3)18-8-6-5-7-9-18/h4-11,14-15,35H,1-2,12-13H2,(H,31,36)(H2,27,29,30). The quantitative estimate of drug-likeness (QED) is 0.194. The van der Waals surface area contributed by atoms with Crippen LogP contribution in [0.4, 0.5) is 17.2 Å². The number of aromatic hydroxyl groups is 1. The van der Waals surface area contributed by atoms with Gasteiger partial charge >= 0.3 is 0 Å². The number of para-hydroxylation sites is 1. The number of phenols is 1. The first-order valence-corrected chi connectivity index (χ1v) is 11.0. The number of nitrogens with zero attached hydrogens (tertiary/aromatic N) is 6. The highest BCUT2D eigenvalue weighted by Gasteiger charge is 2.22. The van der Waals surface area contributed by atoms with Gasteiger partial charge in [0.2, 0.25) is 11.6 Å². The second-order valence-electron chi connectivity index (χ2n) is 7.81. The highest BCUT2D eigenvalue weighted by Crippen LogP contribution is 2.34. The molecule has 4 rings (SSSR count). The van der Waals surface area contributed by atoms with Gasteiger partial charge in [-0.3, -0.25) is 9.59 Å². The van der Waals surface area contributed by atoms with E-state index in [1.54, 1.807) is 35.0 Å². The van der Waals surface area contributed by atoms with Crippen LogP contribution in [0.1, 0.15) is 0 Å². The van der Waals surface area contributed by atoms with E-state index in [9.17, 15) is 14.7 Å². The molecular weight excluding hydrogens is 472 g/mol. The number of nitrogens with two attached hydrogens (primary N) is 1. The van der Waals surface area contributed by atoms with E-state index in [0.29, 0.717) is 28.0 Å². The van der Waals surface area contributed by atoms with Gasteiger partial charge in [0.05, 0.1) is 24.2 Å². The molecule has 37 heavy (non-hydrogen) atoms. The lowest BCUT2D eigenvalue weighted by Crippen LogP contribution is -2.34. The second kappa shape index (κ2) is 10.4. The molecule has 0 fully saturated rings. The Hall–Kier alpha value is -5.50.